The second-order valence-electron chi connectivity index (χ2n) is 5.19. The van der Waals surface area contributed by atoms with E-state index in [0.717, 1.165) is 0 Å². The molecule has 0 saturated heterocycles. The molecule has 2 N–H and O–H groups in total. The van der Waals surface area contributed by atoms with Gasteiger partial charge in [0.2, 0.25) is 0 Å². The number of amides is 1. The Morgan fingerprint density at radius 2 is 1.73 bits per heavy atom. The molecule has 0 atom stereocenters. The largest absolute Gasteiger partial charge is 0.459 e. The Kier molecular flexibility index (Phi) is 5.22. The van der Waals surface area contributed by atoms with Gasteiger partial charge in [-0.15, -0.1) is 0 Å². The fraction of sp³-hybridized carbons (Fsp3) is 0. The van der Waals surface area contributed by atoms with Gasteiger partial charge in [-0.05, 0) is 54.6 Å². The van der Waals surface area contributed by atoms with Gasteiger partial charge in [0.1, 0.15) is 0 Å². The first kappa shape index (κ1) is 18.3. The van der Waals surface area contributed by atoms with E-state index in [9.17, 15) is 13.2 Å². The first-order chi connectivity index (χ1) is 12.3. The maximum Gasteiger partial charge on any atom is 0.291 e. The molecule has 0 spiro atoms. The van der Waals surface area contributed by atoms with Gasteiger partial charge < -0.3 is 9.73 Å². The van der Waals surface area contributed by atoms with Gasteiger partial charge in [-0.25, -0.2) is 8.42 Å². The van der Waals surface area contributed by atoms with E-state index >= 15 is 0 Å². The monoisotopic (exact) mass is 410 g/mol. The average molecular weight is 411 g/mol. The lowest BCUT2D eigenvalue weighted by Crippen LogP contribution is -2.14. The molecule has 0 unspecified atom stereocenters. The van der Waals surface area contributed by atoms with Crippen LogP contribution < -0.4 is 10.0 Å². The SMILES string of the molecule is O=C(Nc1ccc(S(=O)(=O)Nc2ccc(Cl)cc2Cl)cc1)c1ccco1. The second kappa shape index (κ2) is 7.41. The fourth-order valence-electron chi connectivity index (χ4n) is 2.09. The Morgan fingerprint density at radius 1 is 1.00 bits per heavy atom. The van der Waals surface area contributed by atoms with Crippen molar-refractivity contribution in [3.8, 4) is 0 Å². The van der Waals surface area contributed by atoms with E-state index in [1.807, 2.05) is 0 Å². The van der Waals surface area contributed by atoms with Gasteiger partial charge in [-0.3, -0.25) is 9.52 Å². The van der Waals surface area contributed by atoms with Crippen LogP contribution in [0.25, 0.3) is 0 Å². The minimum absolute atomic E-state index is 0.0134. The molecule has 0 aliphatic carbocycles. The number of hydrogen-bond donors (Lipinski definition) is 2. The van der Waals surface area contributed by atoms with E-state index in [-0.39, 0.29) is 21.4 Å². The summed E-state index contributed by atoms with van der Waals surface area (Å²) < 4.78 is 32.3. The Balaban J connectivity index is 1.75. The number of hydrogen-bond acceptors (Lipinski definition) is 4. The lowest BCUT2D eigenvalue weighted by Gasteiger charge is -2.10. The summed E-state index contributed by atoms with van der Waals surface area (Å²) >= 11 is 11.8. The zero-order chi connectivity index (χ0) is 18.7. The molecule has 1 heterocycles. The number of furan rings is 1. The first-order valence-corrected chi connectivity index (χ1v) is 9.52. The van der Waals surface area contributed by atoms with Crippen LogP contribution in [0.3, 0.4) is 0 Å². The zero-order valence-corrected chi connectivity index (χ0v) is 15.4. The van der Waals surface area contributed by atoms with Crippen molar-refractivity contribution in [1.82, 2.24) is 0 Å². The molecule has 6 nitrogen and oxygen atoms in total. The third kappa shape index (κ3) is 4.19. The van der Waals surface area contributed by atoms with Gasteiger partial charge in [0.05, 0.1) is 21.9 Å². The molecule has 9 heteroatoms. The van der Waals surface area contributed by atoms with Crippen LogP contribution in [0.5, 0.6) is 0 Å². The molecule has 0 aliphatic heterocycles. The van der Waals surface area contributed by atoms with Crippen LogP contribution in [-0.2, 0) is 10.0 Å². The predicted octanol–water partition coefficient (Wildman–Crippen LogP) is 4.64. The van der Waals surface area contributed by atoms with Gasteiger partial charge in [0.25, 0.3) is 15.9 Å². The van der Waals surface area contributed by atoms with E-state index in [1.54, 1.807) is 6.07 Å². The maximum atomic E-state index is 12.5. The Hall–Kier alpha value is -2.48. The standard InChI is InChI=1S/C17H12Cl2N2O4S/c18-11-3-8-15(14(19)10-11)21-26(23,24)13-6-4-12(5-7-13)20-17(22)16-2-1-9-25-16/h1-10,21H,(H,20,22). The minimum atomic E-state index is -3.85. The van der Waals surface area contributed by atoms with Gasteiger partial charge in [0.15, 0.2) is 5.76 Å². The van der Waals surface area contributed by atoms with Crippen molar-refractivity contribution >= 4 is 50.5 Å². The normalized spacial score (nSPS) is 11.2. The third-order valence-electron chi connectivity index (χ3n) is 3.34. The van der Waals surface area contributed by atoms with Gasteiger partial charge >= 0.3 is 0 Å². The smallest absolute Gasteiger partial charge is 0.291 e. The Bertz CT molecular complexity index is 1030. The Morgan fingerprint density at radius 3 is 2.35 bits per heavy atom. The van der Waals surface area contributed by atoms with E-state index in [1.165, 1.54) is 54.8 Å². The van der Waals surface area contributed by atoms with Crippen LogP contribution >= 0.6 is 23.2 Å². The summed E-state index contributed by atoms with van der Waals surface area (Å²) in [5.74, 6) is -0.280. The highest BCUT2D eigenvalue weighted by molar-refractivity contribution is 7.92. The molecule has 3 rings (SSSR count). The highest BCUT2D eigenvalue weighted by Gasteiger charge is 2.16. The number of carbonyl (C=O) groups excluding carboxylic acids is 1. The summed E-state index contributed by atoms with van der Waals surface area (Å²) in [7, 11) is -3.85. The van der Waals surface area contributed by atoms with Crippen LogP contribution in [0.2, 0.25) is 10.0 Å². The van der Waals surface area contributed by atoms with Crippen molar-refractivity contribution in [3.05, 3.63) is 76.7 Å². The van der Waals surface area contributed by atoms with Crippen molar-refractivity contribution < 1.29 is 17.6 Å². The molecule has 134 valence electrons. The summed E-state index contributed by atoms with van der Waals surface area (Å²) in [5.41, 5.74) is 0.640. The number of sulfonamides is 1. The van der Waals surface area contributed by atoms with E-state index in [2.05, 4.69) is 10.0 Å². The predicted molar refractivity (Wildman–Crippen MR) is 100 cm³/mol. The van der Waals surface area contributed by atoms with Gasteiger partial charge in [0, 0.05) is 10.7 Å². The van der Waals surface area contributed by atoms with E-state index in [0.29, 0.717) is 10.7 Å². The van der Waals surface area contributed by atoms with Crippen LogP contribution in [0.1, 0.15) is 10.6 Å². The molecule has 26 heavy (non-hydrogen) atoms. The molecule has 1 aromatic heterocycles. The van der Waals surface area contributed by atoms with E-state index in [4.69, 9.17) is 27.6 Å². The van der Waals surface area contributed by atoms with Crippen LogP contribution in [0.4, 0.5) is 11.4 Å². The zero-order valence-electron chi connectivity index (χ0n) is 13.1. The van der Waals surface area contributed by atoms with E-state index < -0.39 is 15.9 Å². The molecule has 0 fully saturated rings. The second-order valence-corrected chi connectivity index (χ2v) is 7.71. The van der Waals surface area contributed by atoms with Crippen LogP contribution in [-0.4, -0.2) is 14.3 Å². The molecule has 0 saturated carbocycles. The van der Waals surface area contributed by atoms with Crippen molar-refractivity contribution in [2.24, 2.45) is 0 Å². The van der Waals surface area contributed by atoms with Gasteiger partial charge in [-0.1, -0.05) is 23.2 Å². The van der Waals surface area contributed by atoms with Crippen LogP contribution in [0, 0.1) is 0 Å². The topological polar surface area (TPSA) is 88.4 Å². The summed E-state index contributed by atoms with van der Waals surface area (Å²) in [5, 5.41) is 3.19. The summed E-state index contributed by atoms with van der Waals surface area (Å²) in [6.07, 6.45) is 1.39. The first-order valence-electron chi connectivity index (χ1n) is 7.28. The molecular formula is C17H12Cl2N2O4S. The lowest BCUT2D eigenvalue weighted by molar-refractivity contribution is 0.0996. The number of anilines is 2. The number of rotatable bonds is 5. The molecule has 0 aliphatic rings. The third-order valence-corrected chi connectivity index (χ3v) is 5.27. The number of halogens is 2. The summed E-state index contributed by atoms with van der Waals surface area (Å²) in [6.45, 7) is 0. The molecule has 3 aromatic rings. The minimum Gasteiger partial charge on any atom is -0.459 e. The molecule has 2 aromatic carbocycles. The summed E-state index contributed by atoms with van der Waals surface area (Å²) in [6, 6.07) is 13.2. The maximum absolute atomic E-state index is 12.5. The summed E-state index contributed by atoms with van der Waals surface area (Å²) in [4.78, 5) is 11.9. The van der Waals surface area contributed by atoms with Crippen molar-refractivity contribution in [3.63, 3.8) is 0 Å². The molecule has 0 bridgehead atoms. The van der Waals surface area contributed by atoms with Crippen LogP contribution in [0.15, 0.2) is 70.2 Å². The van der Waals surface area contributed by atoms with Crippen molar-refractivity contribution in [2.75, 3.05) is 10.0 Å². The van der Waals surface area contributed by atoms with Crippen molar-refractivity contribution in [2.45, 2.75) is 4.90 Å². The molecule has 0 radical (unpaired) electrons. The highest BCUT2D eigenvalue weighted by atomic mass is 35.5. The molecule has 1 amide bonds. The average Bonchev–Trinajstić information content (AvgIpc) is 3.13. The highest BCUT2D eigenvalue weighted by Crippen LogP contribution is 2.27. The number of benzene rings is 2. The fourth-order valence-corrected chi connectivity index (χ4v) is 3.69. The van der Waals surface area contributed by atoms with Gasteiger partial charge in [-0.2, -0.15) is 0 Å². The Labute approximate surface area is 159 Å². The number of nitrogens with one attached hydrogen (secondary N) is 2. The quantitative estimate of drug-likeness (QED) is 0.640. The lowest BCUT2D eigenvalue weighted by atomic mass is 10.3. The van der Waals surface area contributed by atoms with Crippen molar-refractivity contribution in [1.29, 1.82) is 0 Å². The molecular weight excluding hydrogens is 399 g/mol. The number of carbonyl (C=O) groups is 1.